The van der Waals surface area contributed by atoms with Crippen molar-refractivity contribution in [2.24, 2.45) is 0 Å². The van der Waals surface area contributed by atoms with Gasteiger partial charge in [0.15, 0.2) is 0 Å². The summed E-state index contributed by atoms with van der Waals surface area (Å²) in [6.45, 7) is 4.54. The van der Waals surface area contributed by atoms with E-state index >= 15 is 0 Å². The van der Waals surface area contributed by atoms with Gasteiger partial charge in [0.1, 0.15) is 0 Å². The van der Waals surface area contributed by atoms with E-state index < -0.39 is 11.9 Å². The number of unbranched alkanes of at least 4 members (excludes halogenated alkanes) is 28. The van der Waals surface area contributed by atoms with E-state index in [4.69, 9.17) is 0 Å². The Bertz CT molecular complexity index is 497. The van der Waals surface area contributed by atoms with Gasteiger partial charge in [0.2, 0.25) is 0 Å². The number of hydrogen-bond acceptors (Lipinski definition) is 5. The Morgan fingerprint density at radius 2 is 0.524 bits per heavy atom. The number of carbonyl (C=O) groups excluding carboxylic acids is 2. The first-order chi connectivity index (χ1) is 20.2. The molecule has 0 amide bonds. The van der Waals surface area contributed by atoms with Crippen molar-refractivity contribution in [1.29, 1.82) is 0 Å². The van der Waals surface area contributed by atoms with Crippen molar-refractivity contribution in [3.63, 3.8) is 0 Å². The van der Waals surface area contributed by atoms with Crippen LogP contribution >= 0.6 is 0 Å². The molecule has 0 heterocycles. The van der Waals surface area contributed by atoms with Gasteiger partial charge in [0, 0.05) is 45.2 Å². The second-order valence-corrected chi connectivity index (χ2v) is 12.4. The molecule has 0 saturated carbocycles. The van der Waals surface area contributed by atoms with Crippen molar-refractivity contribution < 1.29 is 24.4 Å². The molecular formula is C36H70O5Pb. The van der Waals surface area contributed by atoms with Crippen LogP contribution < -0.4 is 0 Å². The summed E-state index contributed by atoms with van der Waals surface area (Å²) in [6, 6.07) is 0. The van der Waals surface area contributed by atoms with Gasteiger partial charge in [0.25, 0.3) is 0 Å². The van der Waals surface area contributed by atoms with Crippen LogP contribution in [0.4, 0.5) is 0 Å². The smallest absolute Gasteiger partial charge is 0.260 e. The van der Waals surface area contributed by atoms with Gasteiger partial charge in [-0.25, -0.2) is 9.59 Å². The van der Waals surface area contributed by atoms with Gasteiger partial charge in [-0.15, -0.1) is 0 Å². The van der Waals surface area contributed by atoms with Gasteiger partial charge in [-0.05, 0) is 12.8 Å². The topological polar surface area (TPSA) is 61.8 Å². The Balaban J connectivity index is 0. The van der Waals surface area contributed by atoms with E-state index in [1.165, 1.54) is 154 Å². The molecule has 0 aromatic heterocycles. The predicted molar refractivity (Wildman–Crippen MR) is 178 cm³/mol. The van der Waals surface area contributed by atoms with Gasteiger partial charge in [0.05, 0.1) is 0 Å². The Morgan fingerprint density at radius 1 is 0.333 bits per heavy atom. The fourth-order valence-electron chi connectivity index (χ4n) is 5.46. The van der Waals surface area contributed by atoms with E-state index in [2.05, 4.69) is 28.7 Å². The summed E-state index contributed by atoms with van der Waals surface area (Å²) in [4.78, 5) is 32.6. The molecular weight excluding hydrogens is 720 g/mol. The van der Waals surface area contributed by atoms with Crippen LogP contribution in [-0.2, 0) is 24.4 Å². The van der Waals surface area contributed by atoms with Crippen molar-refractivity contribution in [3.8, 4) is 0 Å². The van der Waals surface area contributed by atoms with E-state index in [9.17, 15) is 9.59 Å². The molecule has 0 aliphatic rings. The third kappa shape index (κ3) is 37.8. The first-order valence-electron chi connectivity index (χ1n) is 18.3. The second kappa shape index (κ2) is 38.8. The fourth-order valence-corrected chi connectivity index (χ4v) is 5.46. The third-order valence-corrected chi connectivity index (χ3v) is 8.22. The summed E-state index contributed by atoms with van der Waals surface area (Å²) in [7, 11) is 0. The maximum absolute atomic E-state index is 11.7. The van der Waals surface area contributed by atoms with E-state index in [1.54, 1.807) is 0 Å². The van der Waals surface area contributed by atoms with Crippen molar-refractivity contribution >= 4 is 39.2 Å². The average Bonchev–Trinajstić information content (AvgIpc) is 2.97. The van der Waals surface area contributed by atoms with E-state index in [-0.39, 0.29) is 27.3 Å². The van der Waals surface area contributed by atoms with E-state index in [1.807, 2.05) is 0 Å². The van der Waals surface area contributed by atoms with Crippen LogP contribution in [-0.4, -0.2) is 39.2 Å². The molecule has 0 aromatic carbocycles. The van der Waals surface area contributed by atoms with Crippen LogP contribution in [0.1, 0.15) is 219 Å². The van der Waals surface area contributed by atoms with Crippen molar-refractivity contribution in [1.82, 2.24) is 0 Å². The zero-order valence-corrected chi connectivity index (χ0v) is 32.1. The molecule has 5 nitrogen and oxygen atoms in total. The van der Waals surface area contributed by atoms with Crippen LogP contribution in [0.5, 0.6) is 0 Å². The minimum atomic E-state index is -0.473. The normalized spacial score (nSPS) is 10.9. The molecule has 0 fully saturated rings. The summed E-state index contributed by atoms with van der Waals surface area (Å²) < 4.78 is 0. The zero-order chi connectivity index (χ0) is 29.9. The summed E-state index contributed by atoms with van der Waals surface area (Å²) in [5.74, 6) is -0.945. The molecule has 0 atom stereocenters. The van der Waals surface area contributed by atoms with Crippen molar-refractivity contribution in [2.75, 3.05) is 0 Å². The molecule has 0 aliphatic carbocycles. The molecule has 0 N–H and O–H groups in total. The third-order valence-electron chi connectivity index (χ3n) is 8.22. The van der Waals surface area contributed by atoms with E-state index in [0.717, 1.165) is 38.5 Å². The summed E-state index contributed by atoms with van der Waals surface area (Å²) >= 11 is 0. The first-order valence-corrected chi connectivity index (χ1v) is 18.3. The molecule has 0 saturated heterocycles. The maximum Gasteiger partial charge on any atom is 0.346 e. The summed E-state index contributed by atoms with van der Waals surface area (Å²) in [5, 5.41) is 4.41. The molecule has 0 unspecified atom stereocenters. The molecule has 4 radical (unpaired) electrons. The Kier molecular flexibility index (Phi) is 40.6. The monoisotopic (exact) mass is 790 g/mol. The van der Waals surface area contributed by atoms with E-state index in [0.29, 0.717) is 12.8 Å². The van der Waals surface area contributed by atoms with Crippen LogP contribution in [0.3, 0.4) is 0 Å². The standard InChI is InChI=1S/C36H70O5.Pb/c1-3-5-7-9-11-13-15-17-19-21-23-25-27-29-31-33-35(37)39-41-40-36(38)34-32-30-28-26-24-22-20-18-16-14-12-10-8-6-4-2;/h3-34H2,1-2H3;. The largest absolute Gasteiger partial charge is 0.346 e. The van der Waals surface area contributed by atoms with Crippen molar-refractivity contribution in [3.05, 3.63) is 0 Å². The second-order valence-electron chi connectivity index (χ2n) is 12.4. The molecule has 0 bridgehead atoms. The minimum absolute atomic E-state index is 0. The maximum atomic E-state index is 11.7. The van der Waals surface area contributed by atoms with Gasteiger partial charge >= 0.3 is 11.9 Å². The number of rotatable bonds is 34. The molecule has 0 rings (SSSR count). The zero-order valence-electron chi connectivity index (χ0n) is 28.2. The van der Waals surface area contributed by atoms with Crippen LogP contribution in [0, 0.1) is 0 Å². The van der Waals surface area contributed by atoms with Gasteiger partial charge < -0.3 is 0 Å². The van der Waals surface area contributed by atoms with Gasteiger partial charge in [-0.2, -0.15) is 0 Å². The van der Waals surface area contributed by atoms with Crippen LogP contribution in [0.15, 0.2) is 0 Å². The Morgan fingerprint density at radius 3 is 0.738 bits per heavy atom. The minimum Gasteiger partial charge on any atom is -0.260 e. The fraction of sp³-hybridized carbons (Fsp3) is 0.944. The van der Waals surface area contributed by atoms with Crippen LogP contribution in [0.2, 0.25) is 0 Å². The molecule has 0 aliphatic heterocycles. The molecule has 0 aromatic rings. The van der Waals surface area contributed by atoms with Gasteiger partial charge in [-0.3, -0.25) is 9.78 Å². The first kappa shape index (κ1) is 43.9. The van der Waals surface area contributed by atoms with Crippen molar-refractivity contribution in [2.45, 2.75) is 219 Å². The summed E-state index contributed by atoms with van der Waals surface area (Å²) in [5.41, 5.74) is 0. The SMILES string of the molecule is CCCCCCCCCCCCCCCCCC(=O)OOOC(=O)CCCCCCCCCCCCCCCCC.[Pb]. The summed E-state index contributed by atoms with van der Waals surface area (Å²) in [6.07, 6.45) is 39.2. The quantitative estimate of drug-likeness (QED) is 0.0281. The van der Waals surface area contributed by atoms with Crippen LogP contribution in [0.25, 0.3) is 0 Å². The molecule has 0 spiro atoms. The average molecular weight is 790 g/mol. The molecule has 248 valence electrons. The Labute approximate surface area is 281 Å². The Hall–Kier alpha value is -0.178. The van der Waals surface area contributed by atoms with Gasteiger partial charge in [-0.1, -0.05) is 194 Å². The number of carbonyl (C=O) groups is 2. The predicted octanol–water partition coefficient (Wildman–Crippen LogP) is 12.1. The molecule has 6 heteroatoms. The number of hydrogen-bond donors (Lipinski definition) is 0. The molecule has 42 heavy (non-hydrogen) atoms.